The molecule has 0 saturated carbocycles. The lowest BCUT2D eigenvalue weighted by atomic mass is 10.2. The maximum Gasteiger partial charge on any atom is 0.430 e. The van der Waals surface area contributed by atoms with Crippen molar-refractivity contribution in [2.45, 2.75) is 20.0 Å². The fourth-order valence-electron chi connectivity index (χ4n) is 2.17. The molecule has 1 aromatic carbocycles. The molecule has 0 aliphatic rings. The third-order valence-corrected chi connectivity index (χ3v) is 4.20. The predicted octanol–water partition coefficient (Wildman–Crippen LogP) is 4.26. The Morgan fingerprint density at radius 3 is 2.65 bits per heavy atom. The van der Waals surface area contributed by atoms with Crippen LogP contribution < -0.4 is 5.43 Å². The van der Waals surface area contributed by atoms with E-state index in [0.717, 1.165) is 29.2 Å². The van der Waals surface area contributed by atoms with Crippen molar-refractivity contribution in [3.63, 3.8) is 0 Å². The Labute approximate surface area is 132 Å². The normalized spacial score (nSPS) is 13.0. The third-order valence-electron chi connectivity index (χ3n) is 3.26. The number of fused-ring (bicyclic) bond motifs is 3. The van der Waals surface area contributed by atoms with Gasteiger partial charge >= 0.3 is 6.18 Å². The van der Waals surface area contributed by atoms with Crippen molar-refractivity contribution in [3.8, 4) is 0 Å². The van der Waals surface area contributed by atoms with Gasteiger partial charge in [0.2, 0.25) is 11.0 Å². The van der Waals surface area contributed by atoms with Gasteiger partial charge in [0.1, 0.15) is 16.1 Å². The van der Waals surface area contributed by atoms with Crippen LogP contribution >= 0.6 is 11.3 Å². The van der Waals surface area contributed by atoms with Gasteiger partial charge < -0.3 is 0 Å². The summed E-state index contributed by atoms with van der Waals surface area (Å²) in [6.45, 7) is 2.29. The Kier molecular flexibility index (Phi) is 3.59. The molecule has 9 heteroatoms. The minimum absolute atomic E-state index is 0.193. The van der Waals surface area contributed by atoms with Gasteiger partial charge in [0, 0.05) is 12.3 Å². The van der Waals surface area contributed by atoms with E-state index in [9.17, 15) is 18.0 Å². The first-order chi connectivity index (χ1) is 10.8. The van der Waals surface area contributed by atoms with Gasteiger partial charge in [0.15, 0.2) is 0 Å². The average molecular weight is 340 g/mol. The van der Waals surface area contributed by atoms with Gasteiger partial charge in [-0.15, -0.1) is 0 Å². The average Bonchev–Trinajstić information content (AvgIpc) is 2.99. The van der Waals surface area contributed by atoms with Crippen LogP contribution in [0.1, 0.15) is 18.6 Å². The second kappa shape index (κ2) is 5.34. The number of alkyl halides is 3. The maximum atomic E-state index is 12.4. The van der Waals surface area contributed by atoms with E-state index in [4.69, 9.17) is 0 Å². The zero-order chi connectivity index (χ0) is 16.8. The van der Waals surface area contributed by atoms with E-state index in [1.54, 1.807) is 6.07 Å². The molecule has 0 bridgehead atoms. The van der Waals surface area contributed by atoms with Crippen molar-refractivity contribution in [1.29, 1.82) is 0 Å². The van der Waals surface area contributed by atoms with Crippen LogP contribution in [0.15, 0.2) is 29.4 Å². The van der Waals surface area contributed by atoms with Crippen LogP contribution in [0.5, 0.6) is 0 Å². The first kappa shape index (κ1) is 15.5. The zero-order valence-corrected chi connectivity index (χ0v) is 12.9. The van der Waals surface area contributed by atoms with Crippen LogP contribution in [0.2, 0.25) is 0 Å². The molecule has 0 radical (unpaired) electrons. The summed E-state index contributed by atoms with van der Waals surface area (Å²) in [6, 6.07) is 7.22. The van der Waals surface area contributed by atoms with Crippen molar-refractivity contribution in [1.82, 2.24) is 9.55 Å². The van der Waals surface area contributed by atoms with Crippen LogP contribution in [-0.2, 0) is 0 Å². The molecule has 120 valence electrons. The van der Waals surface area contributed by atoms with Gasteiger partial charge in [-0.1, -0.05) is 29.5 Å². The molecular weight excluding hydrogens is 329 g/mol. The fourth-order valence-corrected chi connectivity index (χ4v) is 3.15. The monoisotopic (exact) mass is 340 g/mol. The molecule has 0 fully saturated rings. The highest BCUT2D eigenvalue weighted by Gasteiger charge is 2.32. The molecular formula is C14H11F3N4OS. The SMILES string of the molecule is CC(=O)n1c2ccccc2c2nc(N/N=C(/C)C(F)(F)F)sc21. The number of thiazole rings is 1. The van der Waals surface area contributed by atoms with Crippen molar-refractivity contribution in [2.75, 3.05) is 5.43 Å². The molecule has 23 heavy (non-hydrogen) atoms. The smallest absolute Gasteiger partial charge is 0.274 e. The second-order valence-electron chi connectivity index (χ2n) is 4.85. The van der Waals surface area contributed by atoms with Crippen molar-refractivity contribution in [3.05, 3.63) is 24.3 Å². The minimum atomic E-state index is -4.50. The molecule has 2 aromatic heterocycles. The van der Waals surface area contributed by atoms with Gasteiger partial charge in [0.25, 0.3) is 0 Å². The lowest BCUT2D eigenvalue weighted by Crippen LogP contribution is -2.20. The summed E-state index contributed by atoms with van der Waals surface area (Å²) in [5.74, 6) is -0.193. The minimum Gasteiger partial charge on any atom is -0.274 e. The summed E-state index contributed by atoms with van der Waals surface area (Å²) in [7, 11) is 0. The van der Waals surface area contributed by atoms with Gasteiger partial charge in [-0.25, -0.2) is 4.98 Å². The highest BCUT2D eigenvalue weighted by atomic mass is 32.1. The van der Waals surface area contributed by atoms with E-state index < -0.39 is 11.9 Å². The Bertz CT molecular complexity index is 939. The number of carbonyl (C=O) groups excluding carboxylic acids is 1. The van der Waals surface area contributed by atoms with Gasteiger partial charge in [-0.3, -0.25) is 14.8 Å². The summed E-state index contributed by atoms with van der Waals surface area (Å²) in [6.07, 6.45) is -4.50. The summed E-state index contributed by atoms with van der Waals surface area (Å²) >= 11 is 1.08. The number of hydrogen-bond acceptors (Lipinski definition) is 5. The van der Waals surface area contributed by atoms with Gasteiger partial charge in [0.05, 0.1) is 5.52 Å². The van der Waals surface area contributed by atoms with Crippen LogP contribution in [0.25, 0.3) is 21.3 Å². The van der Waals surface area contributed by atoms with E-state index in [2.05, 4.69) is 15.5 Å². The molecule has 0 aliphatic heterocycles. The fraction of sp³-hybridized carbons (Fsp3) is 0.214. The van der Waals surface area contributed by atoms with E-state index in [1.807, 2.05) is 18.2 Å². The molecule has 0 saturated heterocycles. The van der Waals surface area contributed by atoms with Crippen molar-refractivity contribution >= 4 is 49.3 Å². The number of hydrazone groups is 1. The van der Waals surface area contributed by atoms with Crippen LogP contribution in [0.4, 0.5) is 18.3 Å². The number of rotatable bonds is 2. The van der Waals surface area contributed by atoms with Crippen molar-refractivity contribution < 1.29 is 18.0 Å². The molecule has 0 amide bonds. The zero-order valence-electron chi connectivity index (χ0n) is 12.1. The van der Waals surface area contributed by atoms with Crippen molar-refractivity contribution in [2.24, 2.45) is 5.10 Å². The largest absolute Gasteiger partial charge is 0.430 e. The number of carbonyl (C=O) groups is 1. The van der Waals surface area contributed by atoms with E-state index in [0.29, 0.717) is 10.3 Å². The second-order valence-corrected chi connectivity index (χ2v) is 5.83. The first-order valence-corrected chi connectivity index (χ1v) is 7.39. The predicted molar refractivity (Wildman–Crippen MR) is 84.2 cm³/mol. The summed E-state index contributed by atoms with van der Waals surface area (Å²) < 4.78 is 38.8. The molecule has 3 rings (SSSR count). The molecule has 5 nitrogen and oxygen atoms in total. The molecule has 0 unspecified atom stereocenters. The van der Waals surface area contributed by atoms with E-state index in [-0.39, 0.29) is 11.0 Å². The summed E-state index contributed by atoms with van der Waals surface area (Å²) in [4.78, 5) is 16.7. The highest BCUT2D eigenvalue weighted by molar-refractivity contribution is 7.22. The molecule has 1 N–H and O–H groups in total. The van der Waals surface area contributed by atoms with Crippen LogP contribution in [0, 0.1) is 0 Å². The lowest BCUT2D eigenvalue weighted by molar-refractivity contribution is -0.0592. The molecule has 3 aromatic rings. The number of anilines is 1. The standard InChI is InChI=1S/C14H11F3N4OS/c1-7(14(15,16)17)19-20-13-18-11-9-5-3-4-6-10(9)21(8(2)22)12(11)23-13/h3-6H,1-2H3,(H,18,20)/b19-7-. The molecule has 2 heterocycles. The number of para-hydroxylation sites is 1. The Hall–Kier alpha value is -2.42. The lowest BCUT2D eigenvalue weighted by Gasteiger charge is -2.04. The Morgan fingerprint density at radius 1 is 1.30 bits per heavy atom. The maximum absolute atomic E-state index is 12.4. The van der Waals surface area contributed by atoms with Crippen LogP contribution in [0.3, 0.4) is 0 Å². The number of halogens is 3. The number of hydrogen-bond donors (Lipinski definition) is 1. The van der Waals surface area contributed by atoms with E-state index >= 15 is 0 Å². The molecule has 0 atom stereocenters. The van der Waals surface area contributed by atoms with E-state index in [1.165, 1.54) is 11.5 Å². The summed E-state index contributed by atoms with van der Waals surface area (Å²) in [5.41, 5.74) is 2.58. The van der Waals surface area contributed by atoms with Gasteiger partial charge in [-0.05, 0) is 13.0 Å². The Morgan fingerprint density at radius 2 is 2.00 bits per heavy atom. The summed E-state index contributed by atoms with van der Waals surface area (Å²) in [5, 5.41) is 4.25. The first-order valence-electron chi connectivity index (χ1n) is 6.57. The third kappa shape index (κ3) is 2.67. The molecule has 0 aliphatic carbocycles. The topological polar surface area (TPSA) is 59.3 Å². The number of nitrogens with one attached hydrogen (secondary N) is 1. The van der Waals surface area contributed by atoms with Crippen LogP contribution in [-0.4, -0.2) is 27.3 Å². The number of nitrogens with zero attached hydrogens (tertiary/aromatic N) is 3. The highest BCUT2D eigenvalue weighted by Crippen LogP contribution is 2.34. The number of benzene rings is 1. The van der Waals surface area contributed by atoms with Gasteiger partial charge in [-0.2, -0.15) is 18.3 Å². The Balaban J connectivity index is 2.10. The quantitative estimate of drug-likeness (QED) is 0.560. The molecule has 0 spiro atoms. The number of aromatic nitrogens is 2.